The van der Waals surface area contributed by atoms with E-state index in [1.165, 1.54) is 6.66 Å². The van der Waals surface area contributed by atoms with Gasteiger partial charge in [-0.2, -0.15) is 11.8 Å². The van der Waals surface area contributed by atoms with Crippen LogP contribution in [-0.2, 0) is 29.8 Å². The fourth-order valence-corrected chi connectivity index (χ4v) is 4.00. The van der Waals surface area contributed by atoms with Gasteiger partial charge in [0, 0.05) is 39.0 Å². The third kappa shape index (κ3) is 16.3. The molecule has 0 heterocycles. The third-order valence-corrected chi connectivity index (χ3v) is 6.18. The molecular weight excluding hydrogens is 451 g/mol. The molecule has 0 aliphatic rings. The molecule has 10 heteroatoms. The topological polar surface area (TPSA) is 114 Å². The van der Waals surface area contributed by atoms with Crippen LogP contribution in [0.15, 0.2) is 24.3 Å². The van der Waals surface area contributed by atoms with Crippen molar-refractivity contribution in [2.75, 3.05) is 50.4 Å². The largest absolute Gasteiger partial charge is 0.385 e. The normalized spacial score (nSPS) is 12.8. The highest BCUT2D eigenvalue weighted by molar-refractivity contribution is 7.99. The highest BCUT2D eigenvalue weighted by atomic mass is 32.2. The summed E-state index contributed by atoms with van der Waals surface area (Å²) >= 11 is 1.59. The number of carbonyl (C=O) groups is 2. The molecule has 32 heavy (non-hydrogen) atoms. The summed E-state index contributed by atoms with van der Waals surface area (Å²) < 4.78 is 20.8. The summed E-state index contributed by atoms with van der Waals surface area (Å²) in [6.45, 7) is 2.80. The van der Waals surface area contributed by atoms with Gasteiger partial charge in [-0.3, -0.25) is 14.2 Å². The summed E-state index contributed by atoms with van der Waals surface area (Å²) in [5.74, 6) is 1.31. The number of amides is 2. The number of ether oxygens (including phenoxy) is 1. The van der Waals surface area contributed by atoms with E-state index in [1.54, 1.807) is 18.9 Å². The molecule has 1 rings (SSSR count). The van der Waals surface area contributed by atoms with Gasteiger partial charge in [0.05, 0.1) is 12.4 Å². The summed E-state index contributed by atoms with van der Waals surface area (Å²) in [5, 5.41) is 5.80. The first kappa shape index (κ1) is 28.7. The average molecular weight is 489 g/mol. The van der Waals surface area contributed by atoms with Crippen molar-refractivity contribution < 1.29 is 28.3 Å². The molecule has 0 aromatic heterocycles. The van der Waals surface area contributed by atoms with E-state index in [9.17, 15) is 14.2 Å². The lowest BCUT2D eigenvalue weighted by Crippen LogP contribution is -2.24. The van der Waals surface area contributed by atoms with E-state index >= 15 is 0 Å². The fourth-order valence-electron chi connectivity index (χ4n) is 2.81. The molecule has 0 saturated carbocycles. The van der Waals surface area contributed by atoms with E-state index in [0.29, 0.717) is 31.7 Å². The molecule has 0 bridgehead atoms. The van der Waals surface area contributed by atoms with Gasteiger partial charge in [-0.05, 0) is 49.1 Å². The molecular formula is C22H37N2O6PS. The Morgan fingerprint density at radius 3 is 2.44 bits per heavy atom. The highest BCUT2D eigenvalue weighted by Gasteiger charge is 2.08. The van der Waals surface area contributed by atoms with Gasteiger partial charge in [0.2, 0.25) is 11.8 Å². The van der Waals surface area contributed by atoms with Crippen LogP contribution in [0.3, 0.4) is 0 Å². The van der Waals surface area contributed by atoms with Crippen molar-refractivity contribution >= 4 is 36.9 Å². The Morgan fingerprint density at radius 1 is 1.03 bits per heavy atom. The van der Waals surface area contributed by atoms with Gasteiger partial charge in [0.25, 0.3) is 0 Å². The van der Waals surface area contributed by atoms with Gasteiger partial charge in [-0.15, -0.1) is 0 Å². The maximum absolute atomic E-state index is 12.0. The van der Waals surface area contributed by atoms with Crippen LogP contribution in [0.4, 0.5) is 5.69 Å². The van der Waals surface area contributed by atoms with Gasteiger partial charge in [-0.25, -0.2) is 0 Å². The molecule has 182 valence electrons. The quantitative estimate of drug-likeness (QED) is 0.213. The molecule has 0 aliphatic carbocycles. The second-order valence-electron chi connectivity index (χ2n) is 7.54. The Hall–Kier alpha value is -1.38. The van der Waals surface area contributed by atoms with Crippen molar-refractivity contribution in [3.8, 4) is 0 Å². The van der Waals surface area contributed by atoms with Crippen LogP contribution in [0.1, 0.15) is 44.1 Å². The van der Waals surface area contributed by atoms with Crippen molar-refractivity contribution in [3.63, 3.8) is 0 Å². The maximum atomic E-state index is 12.0. The molecule has 0 fully saturated rings. The lowest BCUT2D eigenvalue weighted by atomic mass is 10.1. The number of anilines is 1. The summed E-state index contributed by atoms with van der Waals surface area (Å²) in [5.41, 5.74) is 1.80. The van der Waals surface area contributed by atoms with Crippen molar-refractivity contribution in [2.45, 2.75) is 44.9 Å². The van der Waals surface area contributed by atoms with E-state index in [1.807, 2.05) is 24.3 Å². The van der Waals surface area contributed by atoms with Gasteiger partial charge < -0.3 is 24.8 Å². The molecule has 0 aliphatic heterocycles. The lowest BCUT2D eigenvalue weighted by molar-refractivity contribution is -0.121. The van der Waals surface area contributed by atoms with Crippen molar-refractivity contribution in [2.24, 2.45) is 0 Å². The summed E-state index contributed by atoms with van der Waals surface area (Å²) in [6, 6.07) is 7.58. The summed E-state index contributed by atoms with van der Waals surface area (Å²) in [7, 11) is -1.70. The second kappa shape index (κ2) is 17.1. The van der Waals surface area contributed by atoms with Gasteiger partial charge in [0.15, 0.2) is 0 Å². The average Bonchev–Trinajstić information content (AvgIpc) is 2.74. The SMILES string of the molecule is COCCCSCC(=O)Nc1ccc(CCC(=O)NCCCCCCOP(C)(=O)O)cc1. The van der Waals surface area contributed by atoms with Gasteiger partial charge in [0.1, 0.15) is 0 Å². The number of benzene rings is 1. The standard InChI is InChI=1S/C22H37N2O6PS/c1-29-15-7-17-32-18-22(26)24-20-11-8-19(9-12-20)10-13-21(25)23-14-5-3-4-6-16-30-31(2,27)28/h8-9,11-12H,3-7,10,13-18H2,1-2H3,(H,23,25)(H,24,26)(H,27,28). The minimum atomic E-state index is -3.37. The number of rotatable bonds is 18. The molecule has 1 atom stereocenters. The van der Waals surface area contributed by atoms with E-state index in [4.69, 9.17) is 14.2 Å². The summed E-state index contributed by atoms with van der Waals surface area (Å²) in [4.78, 5) is 32.9. The van der Waals surface area contributed by atoms with Crippen LogP contribution >= 0.6 is 19.4 Å². The number of methoxy groups -OCH3 is 1. The second-order valence-corrected chi connectivity index (χ2v) is 10.5. The number of unbranched alkanes of at least 4 members (excludes halogenated alkanes) is 3. The Labute approximate surface area is 195 Å². The van der Waals surface area contributed by atoms with E-state index < -0.39 is 7.60 Å². The van der Waals surface area contributed by atoms with Crippen LogP contribution in [0.2, 0.25) is 0 Å². The van der Waals surface area contributed by atoms with Gasteiger partial charge in [-0.1, -0.05) is 25.0 Å². The minimum absolute atomic E-state index is 0.0170. The Kier molecular flexibility index (Phi) is 15.3. The van der Waals surface area contributed by atoms with Crippen LogP contribution in [-0.4, -0.2) is 61.7 Å². The third-order valence-electron chi connectivity index (χ3n) is 4.47. The molecule has 8 nitrogen and oxygen atoms in total. The van der Waals surface area contributed by atoms with Crippen LogP contribution in [0, 0.1) is 0 Å². The van der Waals surface area contributed by atoms with Crippen LogP contribution < -0.4 is 10.6 Å². The molecule has 1 unspecified atom stereocenters. The number of carbonyl (C=O) groups excluding carboxylic acids is 2. The Bertz CT molecular complexity index is 711. The Morgan fingerprint density at radius 2 is 1.75 bits per heavy atom. The molecule has 2 amide bonds. The van der Waals surface area contributed by atoms with Crippen molar-refractivity contribution in [3.05, 3.63) is 29.8 Å². The van der Waals surface area contributed by atoms with Crippen molar-refractivity contribution in [1.29, 1.82) is 0 Å². The van der Waals surface area contributed by atoms with Crippen LogP contribution in [0.5, 0.6) is 0 Å². The predicted molar refractivity (Wildman–Crippen MR) is 130 cm³/mol. The Balaban J connectivity index is 2.10. The van der Waals surface area contributed by atoms with Crippen LogP contribution in [0.25, 0.3) is 0 Å². The first-order valence-electron chi connectivity index (χ1n) is 11.0. The minimum Gasteiger partial charge on any atom is -0.385 e. The smallest absolute Gasteiger partial charge is 0.325 e. The highest BCUT2D eigenvalue weighted by Crippen LogP contribution is 2.36. The van der Waals surface area contributed by atoms with E-state index in [-0.39, 0.29) is 18.4 Å². The molecule has 0 saturated heterocycles. The zero-order chi connectivity index (χ0) is 23.7. The van der Waals surface area contributed by atoms with E-state index in [0.717, 1.165) is 49.1 Å². The number of hydrogen-bond donors (Lipinski definition) is 3. The molecule has 3 N–H and O–H groups in total. The predicted octanol–water partition coefficient (Wildman–Crippen LogP) is 3.84. The number of hydrogen-bond acceptors (Lipinski definition) is 6. The zero-order valence-corrected chi connectivity index (χ0v) is 20.8. The number of aryl methyl sites for hydroxylation is 1. The first-order chi connectivity index (χ1) is 15.3. The molecule has 0 spiro atoms. The number of thioether (sulfide) groups is 1. The first-order valence-corrected chi connectivity index (χ1v) is 14.1. The lowest BCUT2D eigenvalue weighted by Gasteiger charge is -2.08. The molecule has 1 aromatic rings. The maximum Gasteiger partial charge on any atom is 0.325 e. The number of nitrogens with one attached hydrogen (secondary N) is 2. The molecule has 1 aromatic carbocycles. The fraction of sp³-hybridized carbons (Fsp3) is 0.636. The zero-order valence-electron chi connectivity index (χ0n) is 19.1. The summed E-state index contributed by atoms with van der Waals surface area (Å²) in [6.07, 6.45) is 5.42. The van der Waals surface area contributed by atoms with Gasteiger partial charge >= 0.3 is 7.60 Å². The van der Waals surface area contributed by atoms with Crippen molar-refractivity contribution in [1.82, 2.24) is 5.32 Å². The monoisotopic (exact) mass is 488 g/mol. The molecule has 0 radical (unpaired) electrons. The van der Waals surface area contributed by atoms with E-state index in [2.05, 4.69) is 10.6 Å².